The van der Waals surface area contributed by atoms with Crippen LogP contribution in [0, 0.1) is 0 Å². The second-order valence-corrected chi connectivity index (χ2v) is 13.2. The lowest BCUT2D eigenvalue weighted by molar-refractivity contribution is 1.45. The van der Waals surface area contributed by atoms with Crippen molar-refractivity contribution in [3.63, 3.8) is 0 Å². The molecule has 1 nitrogen and oxygen atoms in total. The lowest BCUT2D eigenvalue weighted by Gasteiger charge is -2.17. The van der Waals surface area contributed by atoms with Crippen molar-refractivity contribution < 1.29 is 0 Å². The smallest absolute Gasteiger partial charge is 0.0711 e. The topological polar surface area (TPSA) is 12.4 Å². The summed E-state index contributed by atoms with van der Waals surface area (Å²) in [6.07, 6.45) is 0. The first-order valence-electron chi connectivity index (χ1n) is 16.9. The summed E-state index contributed by atoms with van der Waals surface area (Å²) < 4.78 is 0. The number of nitrogens with zero attached hydrogens (tertiary/aromatic N) is 1. The predicted molar refractivity (Wildman–Crippen MR) is 210 cm³/mol. The van der Waals surface area contributed by atoms with Gasteiger partial charge in [0.15, 0.2) is 0 Å². The van der Waals surface area contributed by atoms with Crippen LogP contribution in [0.25, 0.3) is 82.0 Å². The summed E-state index contributed by atoms with van der Waals surface area (Å²) in [5.74, 6) is 0. The third-order valence-corrected chi connectivity index (χ3v) is 10.5. The molecule has 49 heavy (non-hydrogen) atoms. The molecule has 0 saturated carbocycles. The molecule has 0 radical (unpaired) electrons. The molecule has 228 valence electrons. The van der Waals surface area contributed by atoms with Crippen LogP contribution < -0.4 is 0 Å². The van der Waals surface area contributed by atoms with Gasteiger partial charge in [-0.3, -0.25) is 4.99 Å². The number of rotatable bonds is 2. The highest BCUT2D eigenvalue weighted by molar-refractivity contribution is 6.34. The van der Waals surface area contributed by atoms with Gasteiger partial charge in [0.1, 0.15) is 0 Å². The molecule has 1 aliphatic heterocycles. The normalized spacial score (nSPS) is 12.8. The molecule has 9 aromatic rings. The fourth-order valence-corrected chi connectivity index (χ4v) is 8.19. The molecular weight excluding hydrogens is 591 g/mol. The molecule has 9 aromatic carbocycles. The lowest BCUT2D eigenvalue weighted by Crippen LogP contribution is -1.99. The molecule has 1 heterocycles. The van der Waals surface area contributed by atoms with E-state index in [0.29, 0.717) is 0 Å². The third kappa shape index (κ3) is 4.16. The van der Waals surface area contributed by atoms with Crippen LogP contribution in [0.4, 0.5) is 5.69 Å². The molecule has 0 aliphatic carbocycles. The van der Waals surface area contributed by atoms with E-state index in [1.165, 1.54) is 76.5 Å². The van der Waals surface area contributed by atoms with Crippen LogP contribution in [-0.4, -0.2) is 5.71 Å². The Morgan fingerprint density at radius 2 is 0.939 bits per heavy atom. The highest BCUT2D eigenvalue weighted by Gasteiger charge is 2.20. The first-order chi connectivity index (χ1) is 24.1. The predicted octanol–water partition coefficient (Wildman–Crippen LogP) is 13.3. The lowest BCUT2D eigenvalue weighted by atomic mass is 9.86. The molecule has 0 N–H and O–H groups in total. The molecule has 0 bridgehead atoms. The van der Waals surface area contributed by atoms with Crippen molar-refractivity contribution in [1.82, 2.24) is 0 Å². The molecular formula is C48H31N. The molecule has 0 unspecified atom stereocenters. The van der Waals surface area contributed by atoms with Gasteiger partial charge in [-0.15, -0.1) is 0 Å². The van der Waals surface area contributed by atoms with Crippen LogP contribution in [-0.2, 0) is 0 Å². The van der Waals surface area contributed by atoms with Gasteiger partial charge in [-0.2, -0.15) is 0 Å². The summed E-state index contributed by atoms with van der Waals surface area (Å²) in [6.45, 7) is 6.64. The molecule has 0 fully saturated rings. The molecule has 0 spiro atoms. The maximum Gasteiger partial charge on any atom is 0.0711 e. The molecule has 0 atom stereocenters. The summed E-state index contributed by atoms with van der Waals surface area (Å²) >= 11 is 0. The van der Waals surface area contributed by atoms with Gasteiger partial charge in [0.05, 0.1) is 5.69 Å². The third-order valence-electron chi connectivity index (χ3n) is 10.5. The highest BCUT2D eigenvalue weighted by atomic mass is 14.7. The van der Waals surface area contributed by atoms with Gasteiger partial charge in [0.25, 0.3) is 0 Å². The van der Waals surface area contributed by atoms with Crippen molar-refractivity contribution in [2.45, 2.75) is 6.92 Å². The van der Waals surface area contributed by atoms with Crippen LogP contribution in [0.2, 0.25) is 0 Å². The minimum atomic E-state index is 0.948. The molecule has 0 amide bonds. The van der Waals surface area contributed by atoms with E-state index in [0.717, 1.165) is 33.7 Å². The van der Waals surface area contributed by atoms with Crippen molar-refractivity contribution in [1.29, 1.82) is 0 Å². The van der Waals surface area contributed by atoms with E-state index < -0.39 is 0 Å². The number of aliphatic imine (C=N–C) groups is 1. The van der Waals surface area contributed by atoms with Crippen LogP contribution >= 0.6 is 0 Å². The SMILES string of the molecule is C=C1c2ccccc2N=C(C)c2cc(-c3ccc(-c4ccc5c6cccc7cccc(c8cccc4c85)c76)cc3)ccc2-c2ccccc21. The van der Waals surface area contributed by atoms with E-state index in [4.69, 9.17) is 4.99 Å². The Bertz CT molecular complexity index is 2780. The molecule has 1 aliphatic rings. The minimum Gasteiger partial charge on any atom is -0.252 e. The van der Waals surface area contributed by atoms with Crippen molar-refractivity contribution in [3.05, 3.63) is 181 Å². The Balaban J connectivity index is 1.10. The van der Waals surface area contributed by atoms with Crippen LogP contribution in [0.3, 0.4) is 0 Å². The van der Waals surface area contributed by atoms with E-state index >= 15 is 0 Å². The maximum absolute atomic E-state index is 5.16. The van der Waals surface area contributed by atoms with Crippen molar-refractivity contribution in [2.75, 3.05) is 0 Å². The van der Waals surface area contributed by atoms with Crippen LogP contribution in [0.1, 0.15) is 23.6 Å². The summed E-state index contributed by atoms with van der Waals surface area (Å²) in [4.78, 5) is 5.16. The zero-order valence-electron chi connectivity index (χ0n) is 27.2. The second kappa shape index (κ2) is 10.6. The van der Waals surface area contributed by atoms with Crippen LogP contribution in [0.5, 0.6) is 0 Å². The second-order valence-electron chi connectivity index (χ2n) is 13.2. The molecule has 1 heteroatoms. The Labute approximate surface area is 285 Å². The summed E-state index contributed by atoms with van der Waals surface area (Å²) in [7, 11) is 0. The van der Waals surface area contributed by atoms with Crippen molar-refractivity contribution >= 4 is 60.1 Å². The standard InChI is InChI=1S/C48H31N/c1-29-35-12-3-4-14-38(35)39-25-24-34(28-45(39)30(2)49-46-19-6-5-13-36(29)46)31-20-22-32(23-21-31)37-26-27-44-42-16-8-11-33-10-7-15-41(47(33)42)43-18-9-17-40(37)48(43)44/h3-28H,1H2,2H3. The van der Waals surface area contributed by atoms with E-state index in [-0.39, 0.29) is 0 Å². The van der Waals surface area contributed by atoms with Gasteiger partial charge in [-0.25, -0.2) is 0 Å². The van der Waals surface area contributed by atoms with Gasteiger partial charge in [-0.1, -0.05) is 152 Å². The van der Waals surface area contributed by atoms with E-state index in [1.54, 1.807) is 0 Å². The van der Waals surface area contributed by atoms with Crippen molar-refractivity contribution in [2.24, 2.45) is 4.99 Å². The van der Waals surface area contributed by atoms with Crippen molar-refractivity contribution in [3.8, 4) is 33.4 Å². The van der Waals surface area contributed by atoms with Crippen LogP contribution in [0.15, 0.2) is 169 Å². The fourth-order valence-electron chi connectivity index (χ4n) is 8.19. The first-order valence-corrected chi connectivity index (χ1v) is 16.9. The maximum atomic E-state index is 5.16. The van der Waals surface area contributed by atoms with Gasteiger partial charge >= 0.3 is 0 Å². The van der Waals surface area contributed by atoms with Gasteiger partial charge in [-0.05, 0) is 107 Å². The number of para-hydroxylation sites is 1. The summed E-state index contributed by atoms with van der Waals surface area (Å²) in [5, 5.41) is 10.6. The Morgan fingerprint density at radius 1 is 0.388 bits per heavy atom. The van der Waals surface area contributed by atoms with Gasteiger partial charge in [0, 0.05) is 16.8 Å². The number of benzene rings is 9. The Kier molecular flexibility index (Phi) is 6.01. The average Bonchev–Trinajstić information content (AvgIpc) is 3.19. The summed E-state index contributed by atoms with van der Waals surface area (Å²) in [6, 6.07) is 57.5. The number of fused-ring (bicyclic) bond motifs is 6. The minimum absolute atomic E-state index is 0.948. The summed E-state index contributed by atoms with van der Waals surface area (Å²) in [5.41, 5.74) is 13.5. The first kappa shape index (κ1) is 27.8. The average molecular weight is 622 g/mol. The van der Waals surface area contributed by atoms with E-state index in [9.17, 15) is 0 Å². The molecule has 10 rings (SSSR count). The van der Waals surface area contributed by atoms with Gasteiger partial charge in [0.2, 0.25) is 0 Å². The Morgan fingerprint density at radius 3 is 1.71 bits per heavy atom. The van der Waals surface area contributed by atoms with Gasteiger partial charge < -0.3 is 0 Å². The fraction of sp³-hybridized carbons (Fsp3) is 0.0208. The number of hydrogen-bond donors (Lipinski definition) is 0. The highest BCUT2D eigenvalue weighted by Crippen LogP contribution is 2.44. The largest absolute Gasteiger partial charge is 0.252 e. The quantitative estimate of drug-likeness (QED) is 0.135. The van der Waals surface area contributed by atoms with E-state index in [2.05, 4.69) is 171 Å². The monoisotopic (exact) mass is 621 g/mol. The molecule has 0 saturated heterocycles. The van der Waals surface area contributed by atoms with E-state index in [1.807, 2.05) is 0 Å². The zero-order valence-corrected chi connectivity index (χ0v) is 27.2. The Hall–Kier alpha value is -6.31. The molecule has 0 aromatic heterocycles. The zero-order chi connectivity index (χ0) is 32.6. The number of hydrogen-bond acceptors (Lipinski definition) is 1.